The fourth-order valence-electron chi connectivity index (χ4n) is 2.39. The van der Waals surface area contributed by atoms with Gasteiger partial charge in [0, 0.05) is 13.2 Å². The van der Waals surface area contributed by atoms with Gasteiger partial charge in [0.2, 0.25) is 0 Å². The molecule has 0 saturated carbocycles. The summed E-state index contributed by atoms with van der Waals surface area (Å²) in [5.74, 6) is 1.21. The number of ether oxygens (including phenoxy) is 1. The molecule has 5 nitrogen and oxygen atoms in total. The van der Waals surface area contributed by atoms with E-state index in [9.17, 15) is 5.11 Å². The molecule has 0 amide bonds. The minimum atomic E-state index is -0.472. The summed E-state index contributed by atoms with van der Waals surface area (Å²) in [4.78, 5) is 2.23. The highest BCUT2D eigenvalue weighted by atomic mass is 16.5. The monoisotopic (exact) mass is 269 g/mol. The van der Waals surface area contributed by atoms with E-state index in [0.717, 1.165) is 31.7 Å². The Morgan fingerprint density at radius 2 is 2.21 bits per heavy atom. The van der Waals surface area contributed by atoms with Crippen LogP contribution < -0.4 is 0 Å². The molecule has 0 aliphatic carbocycles. The summed E-state index contributed by atoms with van der Waals surface area (Å²) in [5, 5.41) is 19.0. The van der Waals surface area contributed by atoms with Crippen molar-refractivity contribution in [3.05, 3.63) is 24.2 Å². The van der Waals surface area contributed by atoms with Gasteiger partial charge in [0.15, 0.2) is 0 Å². The molecule has 0 spiro atoms. The maximum absolute atomic E-state index is 9.91. The molecule has 0 bridgehead atoms. The second-order valence-electron chi connectivity index (χ2n) is 5.17. The lowest BCUT2D eigenvalue weighted by Crippen LogP contribution is -2.40. The summed E-state index contributed by atoms with van der Waals surface area (Å²) in [6.45, 7) is 3.52. The first-order valence-electron chi connectivity index (χ1n) is 6.89. The van der Waals surface area contributed by atoms with E-state index in [1.54, 1.807) is 6.26 Å². The van der Waals surface area contributed by atoms with Crippen LogP contribution in [-0.4, -0.2) is 54.1 Å². The number of nitrogens with zero attached hydrogens (tertiary/aromatic N) is 1. The molecule has 1 aromatic rings. The second kappa shape index (κ2) is 7.65. The van der Waals surface area contributed by atoms with Crippen molar-refractivity contribution in [3.63, 3.8) is 0 Å². The molecule has 1 saturated heterocycles. The van der Waals surface area contributed by atoms with Crippen LogP contribution >= 0.6 is 0 Å². The lowest BCUT2D eigenvalue weighted by molar-refractivity contribution is -0.00145. The minimum Gasteiger partial charge on any atom is -0.467 e. The number of piperidine rings is 1. The SMILES string of the molecule is OCC1CCN(CC(O)COCc2ccco2)CC1. The maximum Gasteiger partial charge on any atom is 0.129 e. The number of likely N-dealkylation sites (tertiary alicyclic amines) is 1. The molecule has 0 radical (unpaired) electrons. The van der Waals surface area contributed by atoms with Gasteiger partial charge in [-0.15, -0.1) is 0 Å². The molecule has 1 atom stereocenters. The van der Waals surface area contributed by atoms with Crippen molar-refractivity contribution >= 4 is 0 Å². The third-order valence-corrected chi connectivity index (χ3v) is 3.57. The van der Waals surface area contributed by atoms with Gasteiger partial charge in [-0.1, -0.05) is 0 Å². The van der Waals surface area contributed by atoms with Gasteiger partial charge in [0.05, 0.1) is 19.0 Å². The lowest BCUT2D eigenvalue weighted by Gasteiger charge is -2.32. The minimum absolute atomic E-state index is 0.280. The number of aliphatic hydroxyl groups is 2. The Balaban J connectivity index is 1.58. The van der Waals surface area contributed by atoms with Gasteiger partial charge in [-0.25, -0.2) is 0 Å². The molecule has 1 fully saturated rings. The lowest BCUT2D eigenvalue weighted by atomic mass is 9.98. The summed E-state index contributed by atoms with van der Waals surface area (Å²) in [6, 6.07) is 3.67. The smallest absolute Gasteiger partial charge is 0.129 e. The Hall–Kier alpha value is -0.880. The van der Waals surface area contributed by atoms with Crippen LogP contribution in [0.25, 0.3) is 0 Å². The summed E-state index contributed by atoms with van der Waals surface area (Å²) in [6.07, 6.45) is 3.16. The normalized spacial score (nSPS) is 19.7. The van der Waals surface area contributed by atoms with Crippen molar-refractivity contribution in [2.24, 2.45) is 5.92 Å². The van der Waals surface area contributed by atoms with Gasteiger partial charge >= 0.3 is 0 Å². The molecule has 19 heavy (non-hydrogen) atoms. The predicted molar refractivity (Wildman–Crippen MR) is 70.6 cm³/mol. The van der Waals surface area contributed by atoms with E-state index in [2.05, 4.69) is 4.90 Å². The van der Waals surface area contributed by atoms with Crippen molar-refractivity contribution in [1.29, 1.82) is 0 Å². The zero-order valence-electron chi connectivity index (χ0n) is 11.2. The number of hydrogen-bond acceptors (Lipinski definition) is 5. The van der Waals surface area contributed by atoms with Crippen LogP contribution in [0.15, 0.2) is 22.8 Å². The molecule has 0 aromatic carbocycles. The largest absolute Gasteiger partial charge is 0.467 e. The number of β-amino-alcohol motifs (C(OH)–C–C–N with tert-alkyl or cyclic N) is 1. The van der Waals surface area contributed by atoms with E-state index in [0.29, 0.717) is 25.7 Å². The first-order chi connectivity index (χ1) is 9.28. The van der Waals surface area contributed by atoms with Crippen molar-refractivity contribution in [2.75, 3.05) is 32.8 Å². The zero-order valence-corrected chi connectivity index (χ0v) is 11.2. The molecule has 2 heterocycles. The Morgan fingerprint density at radius 3 is 2.84 bits per heavy atom. The number of furan rings is 1. The van der Waals surface area contributed by atoms with Gasteiger partial charge in [-0.2, -0.15) is 0 Å². The summed E-state index contributed by atoms with van der Waals surface area (Å²) in [7, 11) is 0. The summed E-state index contributed by atoms with van der Waals surface area (Å²) < 4.78 is 10.6. The number of rotatable bonds is 7. The van der Waals surface area contributed by atoms with Gasteiger partial charge in [0.25, 0.3) is 0 Å². The molecule has 1 aliphatic heterocycles. The van der Waals surface area contributed by atoms with Crippen LogP contribution in [-0.2, 0) is 11.3 Å². The Kier molecular flexibility index (Phi) is 5.85. The van der Waals surface area contributed by atoms with E-state index >= 15 is 0 Å². The molecule has 1 unspecified atom stereocenters. The average Bonchev–Trinajstić information content (AvgIpc) is 2.93. The highest BCUT2D eigenvalue weighted by Gasteiger charge is 2.20. The third-order valence-electron chi connectivity index (χ3n) is 3.57. The van der Waals surface area contributed by atoms with Crippen molar-refractivity contribution in [1.82, 2.24) is 4.90 Å². The first-order valence-corrected chi connectivity index (χ1v) is 6.89. The molecule has 1 aromatic heterocycles. The van der Waals surface area contributed by atoms with Crippen molar-refractivity contribution < 1.29 is 19.4 Å². The van der Waals surface area contributed by atoms with E-state index in [1.807, 2.05) is 12.1 Å². The quantitative estimate of drug-likeness (QED) is 0.768. The van der Waals surface area contributed by atoms with Gasteiger partial charge < -0.3 is 24.3 Å². The maximum atomic E-state index is 9.91. The van der Waals surface area contributed by atoms with E-state index in [4.69, 9.17) is 14.3 Å². The standard InChI is InChI=1S/C14H23NO4/c16-9-12-3-5-15(6-4-12)8-13(17)10-18-11-14-2-1-7-19-14/h1-2,7,12-13,16-17H,3-6,8-11H2. The molecule has 2 N–H and O–H groups in total. The van der Waals surface area contributed by atoms with E-state index in [1.165, 1.54) is 0 Å². The topological polar surface area (TPSA) is 66.1 Å². The fourth-order valence-corrected chi connectivity index (χ4v) is 2.39. The Morgan fingerprint density at radius 1 is 1.42 bits per heavy atom. The Bertz CT molecular complexity index is 333. The van der Waals surface area contributed by atoms with Crippen LogP contribution in [0.5, 0.6) is 0 Å². The fraction of sp³-hybridized carbons (Fsp3) is 0.714. The second-order valence-corrected chi connectivity index (χ2v) is 5.17. The predicted octanol–water partition coefficient (Wildman–Crippen LogP) is 0.861. The molecule has 2 rings (SSSR count). The van der Waals surface area contributed by atoms with Crippen LogP contribution in [0.1, 0.15) is 18.6 Å². The van der Waals surface area contributed by atoms with Crippen LogP contribution in [0.3, 0.4) is 0 Å². The van der Waals surface area contributed by atoms with E-state index < -0.39 is 6.10 Å². The van der Waals surface area contributed by atoms with Crippen molar-refractivity contribution in [3.8, 4) is 0 Å². The first kappa shape index (κ1) is 14.5. The van der Waals surface area contributed by atoms with Crippen molar-refractivity contribution in [2.45, 2.75) is 25.6 Å². The molecule has 1 aliphatic rings. The van der Waals surface area contributed by atoms with Gasteiger partial charge in [-0.3, -0.25) is 0 Å². The summed E-state index contributed by atoms with van der Waals surface area (Å²) >= 11 is 0. The van der Waals surface area contributed by atoms with Crippen LogP contribution in [0.2, 0.25) is 0 Å². The third kappa shape index (κ3) is 4.95. The molecular formula is C14H23NO4. The molecule has 5 heteroatoms. The zero-order chi connectivity index (χ0) is 13.5. The Labute approximate surface area is 113 Å². The average molecular weight is 269 g/mol. The van der Waals surface area contributed by atoms with Crippen LogP contribution in [0.4, 0.5) is 0 Å². The molecule has 108 valence electrons. The highest BCUT2D eigenvalue weighted by molar-refractivity contribution is 4.96. The molecular weight excluding hydrogens is 246 g/mol. The number of hydrogen-bond donors (Lipinski definition) is 2. The van der Waals surface area contributed by atoms with E-state index in [-0.39, 0.29) is 6.61 Å². The van der Waals surface area contributed by atoms with Gasteiger partial charge in [-0.05, 0) is 44.0 Å². The van der Waals surface area contributed by atoms with Gasteiger partial charge in [0.1, 0.15) is 12.4 Å². The summed E-state index contributed by atoms with van der Waals surface area (Å²) in [5.41, 5.74) is 0. The highest BCUT2D eigenvalue weighted by Crippen LogP contribution is 2.16. The number of aliphatic hydroxyl groups excluding tert-OH is 2. The van der Waals surface area contributed by atoms with Crippen LogP contribution in [0, 0.1) is 5.92 Å².